The molecule has 0 heterocycles. The average Bonchev–Trinajstić information content (AvgIpc) is 3.07. The second-order valence-electron chi connectivity index (χ2n) is 11.1. The van der Waals surface area contributed by atoms with Crippen LogP contribution >= 0.6 is 55.4 Å². The van der Waals surface area contributed by atoms with Gasteiger partial charge in [-0.15, -0.1) is 55.4 Å². The van der Waals surface area contributed by atoms with E-state index < -0.39 is 0 Å². The fourth-order valence-electron chi connectivity index (χ4n) is 3.52. The molecule has 6 rings (SSSR count). The van der Waals surface area contributed by atoms with Gasteiger partial charge in [-0.2, -0.15) is 0 Å². The minimum absolute atomic E-state index is 0. The third-order valence-corrected chi connectivity index (χ3v) is 11.0. The topological polar surface area (TPSA) is 0 Å². The molecule has 0 aromatic heterocycles. The molecule has 0 amide bonds. The van der Waals surface area contributed by atoms with E-state index >= 15 is 0 Å². The third-order valence-electron chi connectivity index (χ3n) is 7.13. The number of benzene rings is 6. The summed E-state index contributed by atoms with van der Waals surface area (Å²) in [5.74, 6) is 0. The number of hydrogen-bond acceptors (Lipinski definition) is 0. The molecule has 0 aliphatic heterocycles. The van der Waals surface area contributed by atoms with Gasteiger partial charge in [0, 0.05) is 40.8 Å². The molecule has 0 radical (unpaired) electrons. The first-order chi connectivity index (χ1) is 22.8. The van der Waals surface area contributed by atoms with Gasteiger partial charge < -0.3 is 24.8 Å². The number of aryl methyl sites for hydroxylation is 6. The predicted octanol–water partition coefficient (Wildman–Crippen LogP) is 2.98. The zero-order valence-corrected chi connectivity index (χ0v) is 42.3. The monoisotopic (exact) mass is 1030 g/mol. The molecule has 288 valence electrons. The van der Waals surface area contributed by atoms with E-state index in [0.29, 0.717) is 0 Å². The van der Waals surface area contributed by atoms with Gasteiger partial charge in [-0.25, -0.2) is 0 Å². The van der Waals surface area contributed by atoms with Crippen molar-refractivity contribution in [1.29, 1.82) is 0 Å². The van der Waals surface area contributed by atoms with Crippen molar-refractivity contribution in [3.8, 4) is 0 Å². The van der Waals surface area contributed by atoms with Gasteiger partial charge in [0.2, 0.25) is 0 Å². The number of rotatable bonds is 0. The van der Waals surface area contributed by atoms with E-state index in [-0.39, 0.29) is 65.7 Å². The van der Waals surface area contributed by atoms with E-state index in [1.165, 1.54) is 65.2 Å². The van der Waals surface area contributed by atoms with E-state index in [2.05, 4.69) is 170 Å². The predicted molar refractivity (Wildman–Crippen MR) is 243 cm³/mol. The molecule has 0 aliphatic rings. The molecule has 0 spiro atoms. The van der Waals surface area contributed by atoms with Crippen molar-refractivity contribution in [2.75, 3.05) is 0 Å². The van der Waals surface area contributed by atoms with E-state index in [9.17, 15) is 0 Å². The molecule has 0 aliphatic carbocycles. The fraction of sp³-hybridized carbons (Fsp3) is 0.143. The van der Waals surface area contributed by atoms with Crippen molar-refractivity contribution in [1.82, 2.24) is 0 Å². The third kappa shape index (κ3) is 27.4. The van der Waals surface area contributed by atoms with Crippen LogP contribution in [0.1, 0.15) is 33.4 Å². The van der Waals surface area contributed by atoms with Crippen molar-refractivity contribution in [2.24, 2.45) is 0 Å². The van der Waals surface area contributed by atoms with Crippen LogP contribution in [0.2, 0.25) is 0 Å². The summed E-state index contributed by atoms with van der Waals surface area (Å²) in [6.07, 6.45) is 0. The quantitative estimate of drug-likeness (QED) is 0.163. The number of halogens is 2. The van der Waals surface area contributed by atoms with Crippen molar-refractivity contribution in [2.45, 2.75) is 41.5 Å². The summed E-state index contributed by atoms with van der Waals surface area (Å²) in [5, 5.41) is 7.71. The molecule has 6 aromatic rings. The Morgan fingerprint density at radius 3 is 0.385 bits per heavy atom. The molecule has 10 heteroatoms. The van der Waals surface area contributed by atoms with Gasteiger partial charge >= 0.3 is 0 Å². The minimum atomic E-state index is 0. The molecule has 0 saturated heterocycles. The molecular formula is C42H54Cl2P6Pd2-2. The maximum absolute atomic E-state index is 2.69. The van der Waals surface area contributed by atoms with Gasteiger partial charge in [0.05, 0.1) is 0 Å². The van der Waals surface area contributed by atoms with Gasteiger partial charge in [-0.1, -0.05) is 146 Å². The van der Waals surface area contributed by atoms with Crippen LogP contribution in [-0.4, -0.2) is 0 Å². The molecule has 0 bridgehead atoms. The Bertz CT molecular complexity index is 1320. The fourth-order valence-corrected chi connectivity index (χ4v) is 4.76. The summed E-state index contributed by atoms with van der Waals surface area (Å²) in [4.78, 5) is 0. The van der Waals surface area contributed by atoms with Crippen LogP contribution in [-0.2, 0) is 40.8 Å². The summed E-state index contributed by atoms with van der Waals surface area (Å²) in [5.41, 5.74) is 7.99. The summed E-state index contributed by atoms with van der Waals surface area (Å²) >= 11 is 0. The van der Waals surface area contributed by atoms with Crippen LogP contribution < -0.4 is 56.6 Å². The van der Waals surface area contributed by atoms with Crippen LogP contribution in [0, 0.1) is 41.5 Å². The van der Waals surface area contributed by atoms with Gasteiger partial charge in [0.1, 0.15) is 0 Å². The van der Waals surface area contributed by atoms with Crippen molar-refractivity contribution < 1.29 is 65.7 Å². The van der Waals surface area contributed by atoms with E-state index in [1.54, 1.807) is 0 Å². The molecule has 6 unspecified atom stereocenters. The molecule has 6 aromatic carbocycles. The van der Waals surface area contributed by atoms with E-state index in [4.69, 9.17) is 0 Å². The Morgan fingerprint density at radius 1 is 0.231 bits per heavy atom. The smallest absolute Gasteiger partial charge is 0 e. The molecule has 0 nitrogen and oxygen atoms in total. The average molecular weight is 1030 g/mol. The van der Waals surface area contributed by atoms with Crippen molar-refractivity contribution in [3.63, 3.8) is 0 Å². The standard InChI is InChI=1S/6C7H9P.2ClH.2Pd/c6*1-6-4-2-3-5-7(6)8;;;;/h6*2-5H,8H2,1H3;2*1H;;/p-2. The SMILES string of the molecule is Cc1ccccc1P.Cc1ccccc1P.Cc1ccccc1P.Cc1ccccc1P.Cc1ccccc1P.Cc1ccccc1P.[Cl-].[Cl-].[Pd].[Pd]. The Balaban J connectivity index is -0.000000262. The van der Waals surface area contributed by atoms with Gasteiger partial charge in [0.15, 0.2) is 0 Å². The van der Waals surface area contributed by atoms with Crippen molar-refractivity contribution in [3.05, 3.63) is 179 Å². The summed E-state index contributed by atoms with van der Waals surface area (Å²) in [6, 6.07) is 49.6. The molecule has 52 heavy (non-hydrogen) atoms. The zero-order valence-electron chi connectivity index (χ0n) is 30.7. The largest absolute Gasteiger partial charge is 1.00 e. The molecule has 0 saturated carbocycles. The second-order valence-corrected chi connectivity index (χ2v) is 14.9. The van der Waals surface area contributed by atoms with Gasteiger partial charge in [0.25, 0.3) is 0 Å². The van der Waals surface area contributed by atoms with Crippen LogP contribution in [0.25, 0.3) is 0 Å². The van der Waals surface area contributed by atoms with Crippen LogP contribution in [0.5, 0.6) is 0 Å². The van der Waals surface area contributed by atoms with Crippen LogP contribution in [0.15, 0.2) is 146 Å². The first kappa shape index (κ1) is 58.5. The second kappa shape index (κ2) is 35.2. The molecule has 0 N–H and O–H groups in total. The van der Waals surface area contributed by atoms with Gasteiger partial charge in [-0.05, 0) is 107 Å². The molecule has 6 atom stereocenters. The Morgan fingerprint density at radius 2 is 0.327 bits per heavy atom. The number of hydrogen-bond donors (Lipinski definition) is 0. The Labute approximate surface area is 370 Å². The van der Waals surface area contributed by atoms with E-state index in [0.717, 1.165) is 0 Å². The van der Waals surface area contributed by atoms with Crippen molar-refractivity contribution >= 4 is 87.3 Å². The van der Waals surface area contributed by atoms with Crippen LogP contribution in [0.4, 0.5) is 0 Å². The first-order valence-electron chi connectivity index (χ1n) is 15.7. The summed E-state index contributed by atoms with van der Waals surface area (Å²) in [6.45, 7) is 12.6. The first-order valence-corrected chi connectivity index (χ1v) is 19.2. The maximum atomic E-state index is 2.69. The summed E-state index contributed by atoms with van der Waals surface area (Å²) in [7, 11) is 16.1. The van der Waals surface area contributed by atoms with Gasteiger partial charge in [-0.3, -0.25) is 0 Å². The normalized spacial score (nSPS) is 8.54. The zero-order chi connectivity index (χ0) is 35.9. The molecular weight excluding hydrogens is 974 g/mol. The maximum Gasteiger partial charge on any atom is 0 e. The Hall–Kier alpha value is -0.195. The summed E-state index contributed by atoms with van der Waals surface area (Å²) < 4.78 is 0. The molecule has 0 fully saturated rings. The van der Waals surface area contributed by atoms with E-state index in [1.807, 2.05) is 72.8 Å². The Kier molecular flexibility index (Phi) is 39.6. The van der Waals surface area contributed by atoms with Crippen LogP contribution in [0.3, 0.4) is 0 Å². The minimum Gasteiger partial charge on any atom is -1.00 e.